The molecule has 0 atom stereocenters. The van der Waals surface area contributed by atoms with Crippen molar-refractivity contribution in [2.24, 2.45) is 0 Å². The molecule has 0 aliphatic carbocycles. The van der Waals surface area contributed by atoms with Gasteiger partial charge in [0.05, 0.1) is 40.2 Å². The lowest BCUT2D eigenvalue weighted by Gasteiger charge is -2.27. The third kappa shape index (κ3) is 6.15. The number of benzene rings is 2. The van der Waals surface area contributed by atoms with Gasteiger partial charge in [-0.05, 0) is 93.8 Å². The van der Waals surface area contributed by atoms with Crippen LogP contribution in [0.3, 0.4) is 0 Å². The summed E-state index contributed by atoms with van der Waals surface area (Å²) in [7, 11) is 0. The quantitative estimate of drug-likeness (QED) is 0.189. The van der Waals surface area contributed by atoms with Gasteiger partial charge in [-0.3, -0.25) is 23.5 Å². The van der Waals surface area contributed by atoms with E-state index in [0.29, 0.717) is 34.6 Å². The fourth-order valence-electron chi connectivity index (χ4n) is 8.60. The van der Waals surface area contributed by atoms with Gasteiger partial charge in [0.15, 0.2) is 5.43 Å². The summed E-state index contributed by atoms with van der Waals surface area (Å²) in [5.74, 6) is 0.615. The highest BCUT2D eigenvalue weighted by Gasteiger charge is 2.34. The van der Waals surface area contributed by atoms with Crippen molar-refractivity contribution in [1.82, 2.24) is 33.8 Å². The third-order valence-corrected chi connectivity index (χ3v) is 11.3. The number of ether oxygens (including phenoxy) is 1. The second-order valence-corrected chi connectivity index (χ2v) is 14.6. The normalized spacial score (nSPS) is 16.6. The van der Waals surface area contributed by atoms with Crippen LogP contribution in [0, 0.1) is 0 Å². The summed E-state index contributed by atoms with van der Waals surface area (Å²) in [6.07, 6.45) is 9.44. The van der Waals surface area contributed by atoms with Crippen molar-refractivity contribution in [3.63, 3.8) is 0 Å². The molecular weight excluding hydrogens is 679 g/mol. The Bertz CT molecular complexity index is 2430. The maximum absolute atomic E-state index is 13.1. The second kappa shape index (κ2) is 14.8. The van der Waals surface area contributed by atoms with E-state index in [1.54, 1.807) is 21.5 Å². The molecule has 11 nitrogen and oxygen atoms in total. The van der Waals surface area contributed by atoms with E-state index in [9.17, 15) is 14.4 Å². The van der Waals surface area contributed by atoms with Crippen LogP contribution in [-0.4, -0.2) is 99.3 Å². The summed E-state index contributed by atoms with van der Waals surface area (Å²) < 4.78 is 11.6. The molecule has 0 bridgehead atoms. The van der Waals surface area contributed by atoms with Gasteiger partial charge in [0.1, 0.15) is 17.1 Å². The smallest absolute Gasteiger partial charge is 0.281 e. The van der Waals surface area contributed by atoms with E-state index in [0.717, 1.165) is 92.1 Å². The molecule has 0 amide bonds. The Kier molecular flexibility index (Phi) is 9.44. The predicted octanol–water partition coefficient (Wildman–Crippen LogP) is 5.73. The minimum atomic E-state index is -0.102. The van der Waals surface area contributed by atoms with Crippen LogP contribution in [0.5, 0.6) is 5.75 Å². The number of piperazine rings is 1. The minimum absolute atomic E-state index is 0.0512. The van der Waals surface area contributed by atoms with Crippen LogP contribution in [0.4, 0.5) is 0 Å². The average molecular weight is 724 g/mol. The number of nitrogens with zero attached hydrogens (tertiary/aromatic N) is 6. The summed E-state index contributed by atoms with van der Waals surface area (Å²) in [5, 5.41) is 5.02. The fourth-order valence-corrected chi connectivity index (χ4v) is 8.60. The number of likely N-dealkylation sites (tertiary alicyclic amines) is 1. The SMILES string of the molecule is O=C1c2c(c(=O)c3ccccc3n2CCCN2CCNCC2)-c2cccn21.O=C1c2nc3ccccc3c(OCCCN3CCCCC3)c2-c2cccn21. The zero-order chi connectivity index (χ0) is 36.6. The number of carbonyl (C=O) groups is 2. The third-order valence-electron chi connectivity index (χ3n) is 11.3. The molecule has 0 spiro atoms. The van der Waals surface area contributed by atoms with E-state index in [1.165, 1.54) is 32.4 Å². The Morgan fingerprint density at radius 2 is 1.31 bits per heavy atom. The molecule has 2 fully saturated rings. The topological polar surface area (TPSA) is 107 Å². The average Bonchev–Trinajstić information content (AvgIpc) is 4.00. The van der Waals surface area contributed by atoms with Crippen molar-refractivity contribution < 1.29 is 14.3 Å². The summed E-state index contributed by atoms with van der Waals surface area (Å²) in [6, 6.07) is 23.1. The van der Waals surface area contributed by atoms with Gasteiger partial charge in [-0.25, -0.2) is 4.98 Å². The number of piperidine rings is 1. The standard InChI is InChI=1S/C22H23N3O2.C21H22N4O2/c26-22-20-19(18-10-6-14-25(18)22)21(16-8-2-3-9-17(16)23-20)27-15-7-13-24-11-4-1-5-12-24;26-20-15-5-1-2-6-16(15)24(12-4-10-23-13-8-22-9-14-23)19-18(20)17-7-3-11-25(17)21(19)27/h2-3,6,8-10,14H,1,4-5,7,11-13,15H2;1-3,5-7,11,22H,4,8-10,12-14H2. The van der Waals surface area contributed by atoms with Crippen LogP contribution in [-0.2, 0) is 6.54 Å². The predicted molar refractivity (Wildman–Crippen MR) is 211 cm³/mol. The van der Waals surface area contributed by atoms with Crippen molar-refractivity contribution in [2.45, 2.75) is 38.6 Å². The van der Waals surface area contributed by atoms with E-state index in [4.69, 9.17) is 4.74 Å². The number of rotatable bonds is 9. The lowest BCUT2D eigenvalue weighted by atomic mass is 10.1. The van der Waals surface area contributed by atoms with Crippen molar-refractivity contribution in [3.05, 3.63) is 107 Å². The Balaban J connectivity index is 0.000000142. The van der Waals surface area contributed by atoms with Gasteiger partial charge in [-0.2, -0.15) is 0 Å². The van der Waals surface area contributed by atoms with Crippen molar-refractivity contribution in [2.75, 3.05) is 59.0 Å². The highest BCUT2D eigenvalue weighted by atomic mass is 16.5. The summed E-state index contributed by atoms with van der Waals surface area (Å²) in [5.41, 5.74) is 5.60. The number of pyridine rings is 2. The maximum atomic E-state index is 13.1. The van der Waals surface area contributed by atoms with E-state index >= 15 is 0 Å². The molecule has 0 saturated carbocycles. The first-order valence-electron chi connectivity index (χ1n) is 19.4. The number of hydrogen-bond acceptors (Lipinski definition) is 8. The molecule has 2 saturated heterocycles. The monoisotopic (exact) mass is 723 g/mol. The Morgan fingerprint density at radius 1 is 0.648 bits per heavy atom. The Labute approximate surface area is 313 Å². The molecule has 6 aromatic rings. The molecule has 0 unspecified atom stereocenters. The Hall–Kier alpha value is -5.36. The highest BCUT2D eigenvalue weighted by Crippen LogP contribution is 2.42. The van der Waals surface area contributed by atoms with Gasteiger partial charge < -0.3 is 24.4 Å². The van der Waals surface area contributed by atoms with Crippen LogP contribution in [0.2, 0.25) is 0 Å². The molecule has 276 valence electrons. The van der Waals surface area contributed by atoms with E-state index in [-0.39, 0.29) is 17.2 Å². The number of aryl methyl sites for hydroxylation is 1. The summed E-state index contributed by atoms with van der Waals surface area (Å²) >= 11 is 0. The molecule has 54 heavy (non-hydrogen) atoms. The molecule has 8 heterocycles. The molecule has 4 aliphatic heterocycles. The van der Waals surface area contributed by atoms with E-state index in [1.807, 2.05) is 72.8 Å². The number of nitrogens with one attached hydrogen (secondary N) is 1. The van der Waals surface area contributed by atoms with Gasteiger partial charge in [-0.15, -0.1) is 0 Å². The van der Waals surface area contributed by atoms with E-state index < -0.39 is 0 Å². The fraction of sp³-hybridized carbons (Fsp3) is 0.349. The molecule has 11 heteroatoms. The first kappa shape index (κ1) is 34.4. The van der Waals surface area contributed by atoms with Crippen LogP contribution in [0.15, 0.2) is 90.0 Å². The zero-order valence-corrected chi connectivity index (χ0v) is 30.5. The molecule has 0 radical (unpaired) electrons. The van der Waals surface area contributed by atoms with Crippen LogP contribution in [0.25, 0.3) is 44.3 Å². The zero-order valence-electron chi connectivity index (χ0n) is 30.5. The molecule has 4 aromatic heterocycles. The van der Waals surface area contributed by atoms with Gasteiger partial charge in [-0.1, -0.05) is 30.7 Å². The first-order valence-corrected chi connectivity index (χ1v) is 19.4. The van der Waals surface area contributed by atoms with Crippen molar-refractivity contribution in [3.8, 4) is 28.3 Å². The van der Waals surface area contributed by atoms with Gasteiger partial charge in [0.25, 0.3) is 11.8 Å². The van der Waals surface area contributed by atoms with Crippen molar-refractivity contribution >= 4 is 33.6 Å². The van der Waals surface area contributed by atoms with Gasteiger partial charge >= 0.3 is 0 Å². The number of para-hydroxylation sites is 2. The van der Waals surface area contributed by atoms with Gasteiger partial charge in [0, 0.05) is 62.4 Å². The van der Waals surface area contributed by atoms with Crippen molar-refractivity contribution in [1.29, 1.82) is 0 Å². The summed E-state index contributed by atoms with van der Waals surface area (Å²) in [6.45, 7) is 10.0. The van der Waals surface area contributed by atoms with E-state index in [2.05, 4.69) is 24.7 Å². The minimum Gasteiger partial charge on any atom is -0.492 e. The number of hydrogen-bond donors (Lipinski definition) is 1. The Morgan fingerprint density at radius 3 is 2.11 bits per heavy atom. The van der Waals surface area contributed by atoms with Crippen LogP contribution < -0.4 is 15.5 Å². The summed E-state index contributed by atoms with van der Waals surface area (Å²) in [4.78, 5) is 48.4. The molecular formula is C43H45N7O4. The first-order chi connectivity index (χ1) is 26.6. The second-order valence-electron chi connectivity index (χ2n) is 14.6. The molecule has 10 rings (SSSR count). The number of fused-ring (bicyclic) bond motifs is 8. The van der Waals surface area contributed by atoms with Gasteiger partial charge in [0.2, 0.25) is 0 Å². The lowest BCUT2D eigenvalue weighted by molar-refractivity contribution is 0.0954. The largest absolute Gasteiger partial charge is 0.492 e. The molecule has 4 aliphatic rings. The number of carbonyl (C=O) groups excluding carboxylic acids is 2. The molecule has 2 aromatic carbocycles. The maximum Gasteiger partial charge on any atom is 0.281 e. The highest BCUT2D eigenvalue weighted by molar-refractivity contribution is 6.12. The lowest BCUT2D eigenvalue weighted by Crippen LogP contribution is -2.43. The van der Waals surface area contributed by atoms with Crippen LogP contribution in [0.1, 0.15) is 53.1 Å². The molecule has 1 N–H and O–H groups in total. The van der Waals surface area contributed by atoms with Crippen LogP contribution >= 0.6 is 0 Å². The number of aromatic nitrogens is 4.